The van der Waals surface area contributed by atoms with Crippen LogP contribution in [0.3, 0.4) is 0 Å². The Labute approximate surface area is 195 Å². The molecule has 2 saturated heterocycles. The fourth-order valence-corrected chi connectivity index (χ4v) is 4.52. The van der Waals surface area contributed by atoms with E-state index in [9.17, 15) is 9.59 Å². The van der Waals surface area contributed by atoms with E-state index in [2.05, 4.69) is 15.6 Å². The van der Waals surface area contributed by atoms with E-state index in [0.717, 1.165) is 23.9 Å². The summed E-state index contributed by atoms with van der Waals surface area (Å²) in [6, 6.07) is 7.70. The fourth-order valence-electron chi connectivity index (χ4n) is 4.52. The molecule has 9 heteroatoms. The predicted octanol–water partition coefficient (Wildman–Crippen LogP) is 1.67. The van der Waals surface area contributed by atoms with Crippen molar-refractivity contribution in [2.24, 2.45) is 5.92 Å². The Bertz CT molecular complexity index is 925. The van der Waals surface area contributed by atoms with Crippen molar-refractivity contribution >= 4 is 22.8 Å². The number of morpholine rings is 1. The van der Waals surface area contributed by atoms with Gasteiger partial charge in [0.1, 0.15) is 0 Å². The minimum atomic E-state index is -0.195. The summed E-state index contributed by atoms with van der Waals surface area (Å²) in [6.07, 6.45) is 2.44. The van der Waals surface area contributed by atoms with Crippen LogP contribution in [0.5, 0.6) is 0 Å². The number of imidazole rings is 1. The Morgan fingerprint density at radius 1 is 1.21 bits per heavy atom. The quantitative estimate of drug-likeness (QED) is 0.583. The van der Waals surface area contributed by atoms with E-state index in [1.165, 1.54) is 0 Å². The van der Waals surface area contributed by atoms with Crippen molar-refractivity contribution in [2.45, 2.75) is 39.3 Å². The van der Waals surface area contributed by atoms with Gasteiger partial charge in [-0.3, -0.25) is 9.59 Å². The van der Waals surface area contributed by atoms with Gasteiger partial charge in [0.2, 0.25) is 5.91 Å². The molecule has 0 aliphatic carbocycles. The van der Waals surface area contributed by atoms with Crippen LogP contribution < -0.4 is 10.6 Å². The van der Waals surface area contributed by atoms with Crippen LogP contribution in [0.1, 0.15) is 37.3 Å². The van der Waals surface area contributed by atoms with Gasteiger partial charge in [0.05, 0.1) is 30.2 Å². The first-order chi connectivity index (χ1) is 15.7. The van der Waals surface area contributed by atoms with E-state index in [0.29, 0.717) is 64.8 Å². The molecule has 33 heavy (non-hydrogen) atoms. The summed E-state index contributed by atoms with van der Waals surface area (Å²) >= 11 is 0. The highest BCUT2D eigenvalue weighted by Gasteiger charge is 2.32. The third kappa shape index (κ3) is 6.10. The maximum atomic E-state index is 13.2. The molecule has 0 unspecified atom stereocenters. The van der Waals surface area contributed by atoms with E-state index in [4.69, 9.17) is 9.47 Å². The molecule has 4 rings (SSSR count). The number of aryl methyl sites for hydroxylation is 1. The number of hydrogen-bond acceptors (Lipinski definition) is 6. The summed E-state index contributed by atoms with van der Waals surface area (Å²) < 4.78 is 12.5. The van der Waals surface area contributed by atoms with Crippen LogP contribution >= 0.6 is 0 Å². The normalized spacial score (nSPS) is 20.9. The molecule has 1 aromatic carbocycles. The molecule has 9 nitrogen and oxygen atoms in total. The monoisotopic (exact) mass is 459 g/mol. The summed E-state index contributed by atoms with van der Waals surface area (Å²) in [5.41, 5.74) is 1.77. The van der Waals surface area contributed by atoms with Crippen LogP contribution in [0.25, 0.3) is 11.0 Å². The SMILES string of the molecule is C.COCCCCn1c(C(=O)N[C@@H]2CNC[C@H](C(=O)N3CCOCC3)C2)nc2ccccc21. The van der Waals surface area contributed by atoms with Crippen molar-refractivity contribution in [3.63, 3.8) is 0 Å². The zero-order chi connectivity index (χ0) is 22.3. The number of carbonyl (C=O) groups excluding carboxylic acids is 2. The first-order valence-corrected chi connectivity index (χ1v) is 11.5. The number of ether oxygens (including phenoxy) is 2. The van der Waals surface area contributed by atoms with Crippen molar-refractivity contribution in [3.8, 4) is 0 Å². The Morgan fingerprint density at radius 2 is 2.00 bits per heavy atom. The van der Waals surface area contributed by atoms with Crippen molar-refractivity contribution in [2.75, 3.05) is 53.1 Å². The summed E-state index contributed by atoms with van der Waals surface area (Å²) in [5.74, 6) is 0.231. The second-order valence-electron chi connectivity index (χ2n) is 8.47. The molecule has 2 aromatic rings. The molecule has 2 amide bonds. The molecule has 2 aliphatic rings. The van der Waals surface area contributed by atoms with E-state index in [1.807, 2.05) is 33.7 Å². The average Bonchev–Trinajstić information content (AvgIpc) is 3.21. The van der Waals surface area contributed by atoms with Crippen LogP contribution in [0.15, 0.2) is 24.3 Å². The lowest BCUT2D eigenvalue weighted by molar-refractivity contribution is -0.140. The second kappa shape index (κ2) is 12.1. The average molecular weight is 460 g/mol. The number of piperidine rings is 1. The minimum absolute atomic E-state index is 0. The maximum Gasteiger partial charge on any atom is 0.287 e. The van der Waals surface area contributed by atoms with E-state index in [1.54, 1.807) is 7.11 Å². The third-order valence-electron chi connectivity index (χ3n) is 6.20. The molecule has 1 aromatic heterocycles. The Kier molecular flexibility index (Phi) is 9.22. The lowest BCUT2D eigenvalue weighted by Crippen LogP contribution is -2.54. The van der Waals surface area contributed by atoms with Crippen molar-refractivity contribution in [1.82, 2.24) is 25.1 Å². The molecule has 2 N–H and O–H groups in total. The number of amides is 2. The van der Waals surface area contributed by atoms with Gasteiger partial charge in [-0.15, -0.1) is 0 Å². The molecular weight excluding hydrogens is 422 g/mol. The number of carbonyl (C=O) groups is 2. The second-order valence-corrected chi connectivity index (χ2v) is 8.47. The first kappa shape index (κ1) is 25.1. The number of hydrogen-bond donors (Lipinski definition) is 2. The number of fused-ring (bicyclic) bond motifs is 1. The van der Waals surface area contributed by atoms with Crippen LogP contribution in [-0.2, 0) is 20.8 Å². The number of nitrogens with one attached hydrogen (secondary N) is 2. The molecular formula is C24H37N5O4. The fraction of sp³-hybridized carbons (Fsp3) is 0.625. The van der Waals surface area contributed by atoms with Crippen LogP contribution in [0.2, 0.25) is 0 Å². The number of methoxy groups -OCH3 is 1. The molecule has 3 heterocycles. The predicted molar refractivity (Wildman–Crippen MR) is 127 cm³/mol. The lowest BCUT2D eigenvalue weighted by atomic mass is 9.94. The molecule has 2 fully saturated rings. The zero-order valence-electron chi connectivity index (χ0n) is 18.7. The van der Waals surface area contributed by atoms with Crippen molar-refractivity contribution in [1.29, 1.82) is 0 Å². The zero-order valence-corrected chi connectivity index (χ0v) is 18.7. The minimum Gasteiger partial charge on any atom is -0.385 e. The van der Waals surface area contributed by atoms with Crippen LogP contribution in [0, 0.1) is 5.92 Å². The van der Waals surface area contributed by atoms with Gasteiger partial charge < -0.3 is 29.6 Å². The Balaban J connectivity index is 0.00000306. The number of benzene rings is 1. The summed E-state index contributed by atoms with van der Waals surface area (Å²) in [4.78, 5) is 32.6. The van der Waals surface area contributed by atoms with Crippen molar-refractivity contribution < 1.29 is 19.1 Å². The number of para-hydroxylation sites is 2. The Morgan fingerprint density at radius 3 is 2.79 bits per heavy atom. The molecule has 0 spiro atoms. The van der Waals surface area contributed by atoms with Gasteiger partial charge in [-0.05, 0) is 31.4 Å². The van der Waals surface area contributed by atoms with Gasteiger partial charge in [-0.1, -0.05) is 19.6 Å². The van der Waals surface area contributed by atoms with Gasteiger partial charge in [-0.25, -0.2) is 4.98 Å². The van der Waals surface area contributed by atoms with Gasteiger partial charge >= 0.3 is 0 Å². The molecule has 0 saturated carbocycles. The van der Waals surface area contributed by atoms with Crippen molar-refractivity contribution in [3.05, 3.63) is 30.1 Å². The molecule has 2 aliphatic heterocycles. The molecule has 0 bridgehead atoms. The van der Waals surface area contributed by atoms with Gasteiger partial charge in [0.15, 0.2) is 5.82 Å². The number of rotatable bonds is 8. The van der Waals surface area contributed by atoms with Crippen LogP contribution in [0.4, 0.5) is 0 Å². The summed E-state index contributed by atoms with van der Waals surface area (Å²) in [6.45, 7) is 5.14. The lowest BCUT2D eigenvalue weighted by Gasteiger charge is -2.35. The van der Waals surface area contributed by atoms with Gasteiger partial charge in [0.25, 0.3) is 5.91 Å². The van der Waals surface area contributed by atoms with Crippen LogP contribution in [-0.4, -0.2) is 85.4 Å². The van der Waals surface area contributed by atoms with E-state index < -0.39 is 0 Å². The molecule has 182 valence electrons. The standard InChI is InChI=1S/C23H33N5O4.CH4/c1-31-11-5-4-8-28-20-7-3-2-6-19(20)26-21(28)22(29)25-18-14-17(15-24-16-18)23(30)27-9-12-32-13-10-27;/h2-3,6-7,17-18,24H,4-5,8-16H2,1H3,(H,25,29);1H4/t17-,18+;/m1./s1. The topological polar surface area (TPSA) is 97.7 Å². The number of nitrogens with zero attached hydrogens (tertiary/aromatic N) is 3. The highest BCUT2D eigenvalue weighted by atomic mass is 16.5. The van der Waals surface area contributed by atoms with Gasteiger partial charge in [0, 0.05) is 52.5 Å². The van der Waals surface area contributed by atoms with Gasteiger partial charge in [-0.2, -0.15) is 0 Å². The first-order valence-electron chi connectivity index (χ1n) is 11.5. The smallest absolute Gasteiger partial charge is 0.287 e. The summed E-state index contributed by atoms with van der Waals surface area (Å²) in [5, 5.41) is 6.44. The number of unbranched alkanes of at least 4 members (excludes halogenated alkanes) is 1. The summed E-state index contributed by atoms with van der Waals surface area (Å²) in [7, 11) is 1.70. The maximum absolute atomic E-state index is 13.2. The molecule has 2 atom stereocenters. The highest BCUT2D eigenvalue weighted by Crippen LogP contribution is 2.19. The van der Waals surface area contributed by atoms with E-state index in [-0.39, 0.29) is 31.2 Å². The Hall–Kier alpha value is -2.49. The molecule has 0 radical (unpaired) electrons. The largest absolute Gasteiger partial charge is 0.385 e. The van der Waals surface area contributed by atoms with E-state index >= 15 is 0 Å². The highest BCUT2D eigenvalue weighted by molar-refractivity contribution is 5.95. The third-order valence-corrected chi connectivity index (χ3v) is 6.20. The number of aromatic nitrogens is 2.